The maximum atomic E-state index is 12.3. The normalized spacial score (nSPS) is 16.3. The fourth-order valence-electron chi connectivity index (χ4n) is 3.53. The van der Waals surface area contributed by atoms with Crippen LogP contribution in [-0.4, -0.2) is 56.2 Å². The molecule has 2 heterocycles. The minimum Gasteiger partial charge on any atom is -0.598 e. The van der Waals surface area contributed by atoms with Crippen molar-refractivity contribution in [1.82, 2.24) is 19.5 Å². The third-order valence-electron chi connectivity index (χ3n) is 5.42. The van der Waals surface area contributed by atoms with Crippen LogP contribution in [0.1, 0.15) is 36.2 Å². The largest absolute Gasteiger partial charge is 0.598 e. The van der Waals surface area contributed by atoms with Gasteiger partial charge < -0.3 is 15.2 Å². The summed E-state index contributed by atoms with van der Waals surface area (Å²) in [6.07, 6.45) is 1.65. The van der Waals surface area contributed by atoms with E-state index in [0.717, 1.165) is 49.5 Å². The number of amides is 2. The van der Waals surface area contributed by atoms with Crippen LogP contribution in [-0.2, 0) is 24.5 Å². The maximum Gasteiger partial charge on any atom is 0.319 e. The number of benzene rings is 1. The summed E-state index contributed by atoms with van der Waals surface area (Å²) >= 11 is -0.893. The first kappa shape index (κ1) is 23.5. The van der Waals surface area contributed by atoms with Crippen LogP contribution in [0.25, 0.3) is 0 Å². The maximum absolute atomic E-state index is 12.3. The molecule has 168 valence electrons. The van der Waals surface area contributed by atoms with Crippen LogP contribution in [0.15, 0.2) is 36.5 Å². The highest BCUT2D eigenvalue weighted by atomic mass is 32.2. The van der Waals surface area contributed by atoms with Crippen molar-refractivity contribution >= 4 is 23.1 Å². The molecule has 0 radical (unpaired) electrons. The zero-order chi connectivity index (χ0) is 22.4. The van der Waals surface area contributed by atoms with E-state index in [-0.39, 0.29) is 11.3 Å². The van der Waals surface area contributed by atoms with Crippen molar-refractivity contribution in [3.05, 3.63) is 58.9 Å². The van der Waals surface area contributed by atoms with E-state index in [0.29, 0.717) is 12.2 Å². The average molecular weight is 444 g/mol. The number of rotatable bonds is 7. The van der Waals surface area contributed by atoms with Crippen LogP contribution in [0, 0.1) is 13.8 Å². The summed E-state index contributed by atoms with van der Waals surface area (Å²) in [5, 5.41) is 5.91. The van der Waals surface area contributed by atoms with Crippen LogP contribution in [0.2, 0.25) is 0 Å². The number of carbonyl (C=O) groups is 1. The number of aryl methyl sites for hydroxylation is 2. The van der Waals surface area contributed by atoms with Gasteiger partial charge in [0, 0.05) is 43.2 Å². The van der Waals surface area contributed by atoms with Crippen molar-refractivity contribution in [2.45, 2.75) is 46.0 Å². The quantitative estimate of drug-likeness (QED) is 0.642. The molecule has 2 amide bonds. The molecule has 2 aromatic rings. The van der Waals surface area contributed by atoms with Gasteiger partial charge in [-0.05, 0) is 56.5 Å². The summed E-state index contributed by atoms with van der Waals surface area (Å²) in [6.45, 7) is 12.8. The lowest BCUT2D eigenvalue weighted by Crippen LogP contribution is -2.49. The molecular formula is C23H33N5O2S. The minimum absolute atomic E-state index is 0.165. The number of anilines is 1. The van der Waals surface area contributed by atoms with Gasteiger partial charge in [0.25, 0.3) is 0 Å². The number of piperazine rings is 1. The Kier molecular flexibility index (Phi) is 8.31. The summed E-state index contributed by atoms with van der Waals surface area (Å²) in [7, 11) is 0. The molecule has 0 bridgehead atoms. The SMILES string of the molecule is Cc1ccc(NC(=O)NCc2cc(CN3CCN([S+]([O-])C(C)C)CC3)ccc2C)cn1. The van der Waals surface area contributed by atoms with Gasteiger partial charge in [-0.3, -0.25) is 9.88 Å². The third kappa shape index (κ3) is 6.93. The average Bonchev–Trinajstić information content (AvgIpc) is 2.75. The number of carbonyl (C=O) groups excluding carboxylic acids is 1. The zero-order valence-electron chi connectivity index (χ0n) is 18.9. The van der Waals surface area contributed by atoms with Crippen molar-refractivity contribution in [2.24, 2.45) is 0 Å². The van der Waals surface area contributed by atoms with E-state index in [2.05, 4.69) is 49.9 Å². The van der Waals surface area contributed by atoms with Crippen molar-refractivity contribution in [3.63, 3.8) is 0 Å². The summed E-state index contributed by atoms with van der Waals surface area (Å²) in [5.41, 5.74) is 5.07. The number of nitrogens with zero attached hydrogens (tertiary/aromatic N) is 3. The minimum atomic E-state index is -0.893. The predicted octanol–water partition coefficient (Wildman–Crippen LogP) is 3.21. The standard InChI is InChI=1S/C23H33N5O2S/c1-17(2)31(30)28-11-9-27(10-12-28)16-20-7-5-18(3)21(13-20)14-25-23(29)26-22-8-6-19(4)24-15-22/h5-8,13,15,17H,9-12,14,16H2,1-4H3,(H2,25,26,29). The molecule has 0 aliphatic carbocycles. The van der Waals surface area contributed by atoms with Crippen molar-refractivity contribution in [1.29, 1.82) is 0 Å². The molecule has 2 N–H and O–H groups in total. The highest BCUT2D eigenvalue weighted by Crippen LogP contribution is 2.17. The van der Waals surface area contributed by atoms with Crippen molar-refractivity contribution < 1.29 is 9.35 Å². The van der Waals surface area contributed by atoms with Gasteiger partial charge in [-0.25, -0.2) is 4.79 Å². The van der Waals surface area contributed by atoms with Gasteiger partial charge in [0.05, 0.1) is 25.0 Å². The predicted molar refractivity (Wildman–Crippen MR) is 126 cm³/mol. The smallest absolute Gasteiger partial charge is 0.319 e. The number of pyridine rings is 1. The summed E-state index contributed by atoms with van der Waals surface area (Å²) in [5.74, 6) is 0. The van der Waals surface area contributed by atoms with Crippen LogP contribution in [0.5, 0.6) is 0 Å². The van der Waals surface area contributed by atoms with Gasteiger partial charge in [0.2, 0.25) is 0 Å². The highest BCUT2D eigenvalue weighted by molar-refractivity contribution is 7.89. The molecule has 1 aliphatic rings. The Hall–Kier alpha value is -2.13. The van der Waals surface area contributed by atoms with Crippen LogP contribution >= 0.6 is 0 Å². The first-order valence-corrected chi connectivity index (χ1v) is 11.9. The van der Waals surface area contributed by atoms with Gasteiger partial charge in [-0.2, -0.15) is 0 Å². The van der Waals surface area contributed by atoms with E-state index in [9.17, 15) is 9.35 Å². The van der Waals surface area contributed by atoms with Crippen LogP contribution in [0.4, 0.5) is 10.5 Å². The van der Waals surface area contributed by atoms with E-state index in [1.54, 1.807) is 6.20 Å². The molecule has 7 nitrogen and oxygen atoms in total. The molecule has 31 heavy (non-hydrogen) atoms. The van der Waals surface area contributed by atoms with Gasteiger partial charge >= 0.3 is 6.03 Å². The Morgan fingerprint density at radius 3 is 2.55 bits per heavy atom. The fourth-order valence-corrected chi connectivity index (χ4v) is 4.65. The number of hydrogen-bond acceptors (Lipinski definition) is 5. The number of aromatic nitrogens is 1. The molecule has 8 heteroatoms. The monoisotopic (exact) mass is 443 g/mol. The van der Waals surface area contributed by atoms with Gasteiger partial charge in [-0.15, -0.1) is 4.31 Å². The molecule has 1 unspecified atom stereocenters. The van der Waals surface area contributed by atoms with E-state index < -0.39 is 11.4 Å². The molecule has 1 fully saturated rings. The molecule has 1 aromatic carbocycles. The van der Waals surface area contributed by atoms with E-state index in [4.69, 9.17) is 0 Å². The number of hydrogen-bond donors (Lipinski definition) is 2. The first-order chi connectivity index (χ1) is 14.8. The Morgan fingerprint density at radius 2 is 1.90 bits per heavy atom. The lowest BCUT2D eigenvalue weighted by atomic mass is 10.0. The summed E-state index contributed by atoms with van der Waals surface area (Å²) in [6, 6.07) is 9.88. The Balaban J connectivity index is 1.51. The highest BCUT2D eigenvalue weighted by Gasteiger charge is 2.27. The molecule has 0 saturated carbocycles. The Bertz CT molecular complexity index is 867. The molecule has 1 aromatic heterocycles. The summed E-state index contributed by atoms with van der Waals surface area (Å²) < 4.78 is 14.4. The molecule has 1 saturated heterocycles. The molecular weight excluding hydrogens is 410 g/mol. The number of nitrogens with one attached hydrogen (secondary N) is 2. The van der Waals surface area contributed by atoms with Gasteiger partial charge in [0.1, 0.15) is 5.25 Å². The lowest BCUT2D eigenvalue weighted by molar-refractivity contribution is 0.181. The molecule has 1 aliphatic heterocycles. The fraction of sp³-hybridized carbons (Fsp3) is 0.478. The van der Waals surface area contributed by atoms with Crippen molar-refractivity contribution in [2.75, 3.05) is 31.5 Å². The van der Waals surface area contributed by atoms with Gasteiger partial charge in [-0.1, -0.05) is 18.2 Å². The van der Waals surface area contributed by atoms with E-state index in [1.807, 2.05) is 32.9 Å². The lowest BCUT2D eigenvalue weighted by Gasteiger charge is -2.35. The topological polar surface area (TPSA) is 83.6 Å². The second kappa shape index (κ2) is 10.9. The molecule has 3 rings (SSSR count). The molecule has 0 spiro atoms. The van der Waals surface area contributed by atoms with E-state index >= 15 is 0 Å². The molecule has 1 atom stereocenters. The van der Waals surface area contributed by atoms with E-state index in [1.165, 1.54) is 5.56 Å². The van der Waals surface area contributed by atoms with Crippen molar-refractivity contribution in [3.8, 4) is 0 Å². The number of urea groups is 1. The second-order valence-electron chi connectivity index (χ2n) is 8.29. The second-order valence-corrected chi connectivity index (χ2v) is 10.3. The third-order valence-corrected chi connectivity index (χ3v) is 7.10. The summed E-state index contributed by atoms with van der Waals surface area (Å²) in [4.78, 5) is 18.8. The Labute approximate surface area is 188 Å². The zero-order valence-corrected chi connectivity index (χ0v) is 19.7. The van der Waals surface area contributed by atoms with Gasteiger partial charge in [0.15, 0.2) is 0 Å². The Morgan fingerprint density at radius 1 is 1.16 bits per heavy atom. The van der Waals surface area contributed by atoms with Crippen LogP contribution in [0.3, 0.4) is 0 Å². The van der Waals surface area contributed by atoms with Crippen LogP contribution < -0.4 is 10.6 Å². The first-order valence-electron chi connectivity index (χ1n) is 10.8.